The van der Waals surface area contributed by atoms with Gasteiger partial charge in [0, 0.05) is 50.2 Å². The summed E-state index contributed by atoms with van der Waals surface area (Å²) in [5.41, 5.74) is 4.94. The molecule has 2 heterocycles. The van der Waals surface area contributed by atoms with Crippen molar-refractivity contribution in [1.82, 2.24) is 10.2 Å². The number of carbonyl (C=O) groups is 1. The number of fused-ring (bicyclic) bond motifs is 3. The van der Waals surface area contributed by atoms with Gasteiger partial charge in [-0.3, -0.25) is 4.79 Å². The van der Waals surface area contributed by atoms with Crippen LogP contribution in [0.1, 0.15) is 11.1 Å². The highest BCUT2D eigenvalue weighted by Crippen LogP contribution is 2.38. The van der Waals surface area contributed by atoms with E-state index in [0.717, 1.165) is 38.3 Å². The quantitative estimate of drug-likeness (QED) is 0.775. The number of anilines is 2. The molecule has 166 valence electrons. The Morgan fingerprint density at radius 1 is 1.16 bits per heavy atom. The van der Waals surface area contributed by atoms with E-state index in [0.29, 0.717) is 6.54 Å². The van der Waals surface area contributed by atoms with Gasteiger partial charge in [0.1, 0.15) is 5.75 Å². The second kappa shape index (κ2) is 9.18. The Morgan fingerprint density at radius 3 is 2.65 bits per heavy atom. The molecule has 0 saturated carbocycles. The second-order valence-corrected chi connectivity index (χ2v) is 8.94. The third kappa shape index (κ3) is 4.64. The lowest BCUT2D eigenvalue weighted by atomic mass is 9.83. The molecule has 1 N–H and O–H groups in total. The summed E-state index contributed by atoms with van der Waals surface area (Å²) < 4.78 is 5.49. The van der Waals surface area contributed by atoms with Crippen molar-refractivity contribution < 1.29 is 9.53 Å². The number of aryl methyl sites for hydroxylation is 1. The fourth-order valence-corrected chi connectivity index (χ4v) is 4.73. The van der Waals surface area contributed by atoms with Crippen molar-refractivity contribution in [3.8, 4) is 5.75 Å². The van der Waals surface area contributed by atoms with Gasteiger partial charge in [0.15, 0.2) is 0 Å². The molecule has 1 saturated heterocycles. The fourth-order valence-electron chi connectivity index (χ4n) is 4.73. The van der Waals surface area contributed by atoms with E-state index in [9.17, 15) is 4.79 Å². The molecular formula is C25H34N4O2. The average Bonchev–Trinajstić information content (AvgIpc) is 2.78. The molecule has 2 aliphatic rings. The third-order valence-electron chi connectivity index (χ3n) is 6.52. The molecule has 2 aromatic carbocycles. The zero-order valence-corrected chi connectivity index (χ0v) is 19.1. The summed E-state index contributed by atoms with van der Waals surface area (Å²) in [6, 6.07) is 15.1. The van der Waals surface area contributed by atoms with E-state index in [1.807, 2.05) is 20.2 Å². The topological polar surface area (TPSA) is 48.1 Å². The molecule has 0 aromatic heterocycles. The van der Waals surface area contributed by atoms with Gasteiger partial charge in [-0.25, -0.2) is 0 Å². The number of hydrogen-bond donors (Lipinski definition) is 1. The van der Waals surface area contributed by atoms with Gasteiger partial charge in [0.2, 0.25) is 5.91 Å². The molecule has 2 aliphatic heterocycles. The molecule has 0 aliphatic carbocycles. The number of benzene rings is 2. The molecule has 1 fully saturated rings. The summed E-state index contributed by atoms with van der Waals surface area (Å²) in [7, 11) is 5.76. The largest absolute Gasteiger partial charge is 0.497 e. The van der Waals surface area contributed by atoms with Crippen LogP contribution >= 0.6 is 0 Å². The fraction of sp³-hybridized carbons (Fsp3) is 0.480. The number of nitrogens with one attached hydrogen (secondary N) is 1. The van der Waals surface area contributed by atoms with Crippen LogP contribution in [-0.2, 0) is 11.2 Å². The summed E-state index contributed by atoms with van der Waals surface area (Å²) in [4.78, 5) is 20.2. The summed E-state index contributed by atoms with van der Waals surface area (Å²) in [6.07, 6.45) is 0.760. The van der Waals surface area contributed by atoms with Crippen LogP contribution in [0.25, 0.3) is 0 Å². The zero-order chi connectivity index (χ0) is 22.0. The van der Waals surface area contributed by atoms with Crippen LogP contribution in [0.2, 0.25) is 0 Å². The third-order valence-corrected chi connectivity index (χ3v) is 6.52. The molecule has 6 heteroatoms. The lowest BCUT2D eigenvalue weighted by Crippen LogP contribution is -2.61. The first kappa shape index (κ1) is 21.5. The first-order chi connectivity index (χ1) is 15.0. The van der Waals surface area contributed by atoms with E-state index in [1.54, 1.807) is 7.11 Å². The van der Waals surface area contributed by atoms with Gasteiger partial charge in [-0.1, -0.05) is 23.8 Å². The van der Waals surface area contributed by atoms with E-state index in [2.05, 4.69) is 63.3 Å². The highest BCUT2D eigenvalue weighted by Gasteiger charge is 2.41. The van der Waals surface area contributed by atoms with E-state index in [1.165, 1.54) is 22.5 Å². The van der Waals surface area contributed by atoms with Crippen molar-refractivity contribution in [1.29, 1.82) is 0 Å². The van der Waals surface area contributed by atoms with Gasteiger partial charge in [0.05, 0.1) is 19.1 Å². The Labute approximate surface area is 185 Å². The second-order valence-electron chi connectivity index (χ2n) is 8.94. The van der Waals surface area contributed by atoms with Crippen LogP contribution in [0.15, 0.2) is 42.5 Å². The first-order valence-corrected chi connectivity index (χ1v) is 11.1. The molecular weight excluding hydrogens is 388 g/mol. The first-order valence-electron chi connectivity index (χ1n) is 11.1. The molecule has 0 spiro atoms. The maximum absolute atomic E-state index is 13.3. The van der Waals surface area contributed by atoms with Gasteiger partial charge in [-0.15, -0.1) is 0 Å². The number of likely N-dealkylation sites (N-methyl/N-ethyl adjacent to an activating group) is 1. The molecule has 2 aromatic rings. The highest BCUT2D eigenvalue weighted by molar-refractivity contribution is 5.82. The number of methoxy groups -OCH3 is 1. The molecule has 2 atom stereocenters. The molecule has 1 amide bonds. The van der Waals surface area contributed by atoms with Crippen LogP contribution in [0.4, 0.5) is 11.4 Å². The van der Waals surface area contributed by atoms with Crippen molar-refractivity contribution in [2.24, 2.45) is 5.92 Å². The number of rotatable bonds is 6. The summed E-state index contributed by atoms with van der Waals surface area (Å²) in [6.45, 7) is 6.29. The maximum Gasteiger partial charge on any atom is 0.225 e. The van der Waals surface area contributed by atoms with Crippen molar-refractivity contribution in [2.75, 3.05) is 63.7 Å². The summed E-state index contributed by atoms with van der Waals surface area (Å²) in [5.74, 6) is 0.952. The average molecular weight is 423 g/mol. The van der Waals surface area contributed by atoms with Crippen molar-refractivity contribution in [3.63, 3.8) is 0 Å². The van der Waals surface area contributed by atoms with Crippen molar-refractivity contribution >= 4 is 17.3 Å². The minimum atomic E-state index is -0.0729. The number of piperazine rings is 1. The smallest absolute Gasteiger partial charge is 0.225 e. The minimum absolute atomic E-state index is 0.0729. The molecule has 4 rings (SSSR count). The van der Waals surface area contributed by atoms with Gasteiger partial charge in [-0.05, 0) is 51.2 Å². The van der Waals surface area contributed by atoms with Crippen LogP contribution in [0, 0.1) is 12.8 Å². The van der Waals surface area contributed by atoms with Gasteiger partial charge < -0.3 is 24.8 Å². The minimum Gasteiger partial charge on any atom is -0.497 e. The molecule has 0 radical (unpaired) electrons. The molecule has 0 unspecified atom stereocenters. The predicted molar refractivity (Wildman–Crippen MR) is 126 cm³/mol. The monoisotopic (exact) mass is 422 g/mol. The lowest BCUT2D eigenvalue weighted by molar-refractivity contribution is -0.125. The molecule has 31 heavy (non-hydrogen) atoms. The summed E-state index contributed by atoms with van der Waals surface area (Å²) >= 11 is 0. The van der Waals surface area contributed by atoms with E-state index >= 15 is 0 Å². The number of ether oxygens (including phenoxy) is 1. The number of amides is 1. The van der Waals surface area contributed by atoms with E-state index in [4.69, 9.17) is 4.74 Å². The Hall–Kier alpha value is -2.73. The number of carbonyl (C=O) groups excluding carboxylic acids is 1. The number of nitrogens with zero attached hydrogens (tertiary/aromatic N) is 3. The van der Waals surface area contributed by atoms with Gasteiger partial charge in [0.25, 0.3) is 0 Å². The van der Waals surface area contributed by atoms with Crippen LogP contribution < -0.4 is 19.9 Å². The van der Waals surface area contributed by atoms with Crippen LogP contribution in [0.5, 0.6) is 5.75 Å². The van der Waals surface area contributed by atoms with E-state index < -0.39 is 0 Å². The van der Waals surface area contributed by atoms with Crippen molar-refractivity contribution in [2.45, 2.75) is 19.4 Å². The van der Waals surface area contributed by atoms with Gasteiger partial charge >= 0.3 is 0 Å². The lowest BCUT2D eigenvalue weighted by Gasteiger charge is -2.49. The Balaban J connectivity index is 1.60. The van der Waals surface area contributed by atoms with Gasteiger partial charge in [-0.2, -0.15) is 0 Å². The Kier molecular flexibility index (Phi) is 6.37. The van der Waals surface area contributed by atoms with E-state index in [-0.39, 0.29) is 17.9 Å². The highest BCUT2D eigenvalue weighted by atomic mass is 16.5. The molecule has 0 bridgehead atoms. The SMILES string of the molecule is COc1ccc2c(c1)N1CCN(c3ccc(C)cc3)C[C@@H]1[C@H](C(=O)NCCN(C)C)C2. The normalized spacial score (nSPS) is 20.3. The predicted octanol–water partition coefficient (Wildman–Crippen LogP) is 2.55. The Morgan fingerprint density at radius 2 is 1.94 bits per heavy atom. The number of hydrogen-bond acceptors (Lipinski definition) is 5. The Bertz CT molecular complexity index is 912. The van der Waals surface area contributed by atoms with Crippen LogP contribution in [-0.4, -0.2) is 70.8 Å². The summed E-state index contributed by atoms with van der Waals surface area (Å²) in [5, 5.41) is 3.18. The molecule has 6 nitrogen and oxygen atoms in total. The van der Waals surface area contributed by atoms with Crippen LogP contribution in [0.3, 0.4) is 0 Å². The standard InChI is InChI=1S/C25H34N4O2/c1-18-5-8-20(9-6-18)28-13-14-29-23-16-21(31-4)10-7-19(23)15-22(24(29)17-28)25(30)26-11-12-27(2)3/h5-10,16,22,24H,11-15,17H2,1-4H3,(H,26,30)/t22-,24-/m1/s1. The maximum atomic E-state index is 13.3. The van der Waals surface area contributed by atoms with Crippen molar-refractivity contribution in [3.05, 3.63) is 53.6 Å². The zero-order valence-electron chi connectivity index (χ0n) is 19.1.